The van der Waals surface area contributed by atoms with E-state index in [4.69, 9.17) is 4.74 Å². The summed E-state index contributed by atoms with van der Waals surface area (Å²) in [5.41, 5.74) is 1.36. The molecule has 2 heterocycles. The summed E-state index contributed by atoms with van der Waals surface area (Å²) >= 11 is 0. The Labute approximate surface area is 117 Å². The Morgan fingerprint density at radius 3 is 2.95 bits per heavy atom. The number of aromatic amines is 1. The average Bonchev–Trinajstić information content (AvgIpc) is 3.29. The normalized spacial score (nSPS) is 14.2. The van der Waals surface area contributed by atoms with Crippen molar-refractivity contribution in [2.75, 3.05) is 6.61 Å². The third kappa shape index (κ3) is 2.87. The predicted molar refractivity (Wildman–Crippen MR) is 75.8 cm³/mol. The summed E-state index contributed by atoms with van der Waals surface area (Å²) in [5, 5.41) is 0. The van der Waals surface area contributed by atoms with E-state index in [2.05, 4.69) is 21.9 Å². The molecule has 1 aliphatic carbocycles. The summed E-state index contributed by atoms with van der Waals surface area (Å²) in [6, 6.07) is 3.38. The number of H-pyrrole nitrogens is 1. The van der Waals surface area contributed by atoms with E-state index >= 15 is 0 Å². The molecule has 0 bridgehead atoms. The van der Waals surface area contributed by atoms with Crippen LogP contribution in [0.25, 0.3) is 11.3 Å². The van der Waals surface area contributed by atoms with Gasteiger partial charge in [0.15, 0.2) is 0 Å². The van der Waals surface area contributed by atoms with Gasteiger partial charge in [-0.1, -0.05) is 6.92 Å². The first-order chi connectivity index (χ1) is 9.76. The van der Waals surface area contributed by atoms with Gasteiger partial charge in [0, 0.05) is 23.7 Å². The molecule has 0 aliphatic heterocycles. The second-order valence-corrected chi connectivity index (χ2v) is 5.05. The Morgan fingerprint density at radius 1 is 1.35 bits per heavy atom. The van der Waals surface area contributed by atoms with Gasteiger partial charge in [-0.3, -0.25) is 9.78 Å². The van der Waals surface area contributed by atoms with Crippen LogP contribution < -0.4 is 10.3 Å². The number of aromatic nitrogens is 3. The van der Waals surface area contributed by atoms with E-state index in [1.165, 1.54) is 6.07 Å². The maximum absolute atomic E-state index is 11.7. The maximum atomic E-state index is 11.7. The summed E-state index contributed by atoms with van der Waals surface area (Å²) in [4.78, 5) is 23.2. The smallest absolute Gasteiger partial charge is 0.251 e. The van der Waals surface area contributed by atoms with Crippen LogP contribution in [0.2, 0.25) is 0 Å². The van der Waals surface area contributed by atoms with Crippen LogP contribution in [0.3, 0.4) is 0 Å². The van der Waals surface area contributed by atoms with Crippen molar-refractivity contribution in [2.24, 2.45) is 0 Å². The molecule has 0 radical (unpaired) electrons. The van der Waals surface area contributed by atoms with E-state index in [1.54, 1.807) is 12.4 Å². The molecule has 0 saturated heterocycles. The molecule has 5 heteroatoms. The average molecular weight is 271 g/mol. The van der Waals surface area contributed by atoms with E-state index in [1.807, 2.05) is 6.07 Å². The number of nitrogens with zero attached hydrogens (tertiary/aromatic N) is 2. The highest BCUT2D eigenvalue weighted by Gasteiger charge is 2.26. The van der Waals surface area contributed by atoms with Crippen molar-refractivity contribution in [3.8, 4) is 17.0 Å². The largest absolute Gasteiger partial charge is 0.492 e. The zero-order valence-corrected chi connectivity index (χ0v) is 11.4. The lowest BCUT2D eigenvalue weighted by Crippen LogP contribution is -2.10. The van der Waals surface area contributed by atoms with Gasteiger partial charge in [-0.15, -0.1) is 0 Å². The molecule has 0 atom stereocenters. The van der Waals surface area contributed by atoms with E-state index in [-0.39, 0.29) is 5.56 Å². The molecule has 1 saturated carbocycles. The first-order valence-corrected chi connectivity index (χ1v) is 6.95. The topological polar surface area (TPSA) is 67.9 Å². The molecule has 1 aliphatic rings. The van der Waals surface area contributed by atoms with Crippen molar-refractivity contribution < 1.29 is 4.74 Å². The molecule has 0 unspecified atom stereocenters. The molecule has 3 rings (SSSR count). The lowest BCUT2D eigenvalue weighted by atomic mass is 10.2. The fraction of sp³-hybridized carbons (Fsp3) is 0.400. The summed E-state index contributed by atoms with van der Waals surface area (Å²) in [5.74, 6) is 1.90. The van der Waals surface area contributed by atoms with Crippen LogP contribution in [0.4, 0.5) is 0 Å². The highest BCUT2D eigenvalue weighted by molar-refractivity contribution is 5.59. The van der Waals surface area contributed by atoms with E-state index in [0.717, 1.165) is 30.7 Å². The van der Waals surface area contributed by atoms with Crippen molar-refractivity contribution in [1.29, 1.82) is 0 Å². The summed E-state index contributed by atoms with van der Waals surface area (Å²) < 4.78 is 5.56. The maximum Gasteiger partial charge on any atom is 0.251 e. The van der Waals surface area contributed by atoms with E-state index in [0.29, 0.717) is 24.0 Å². The Bertz CT molecular complexity index is 662. The third-order valence-electron chi connectivity index (χ3n) is 3.21. The molecule has 0 spiro atoms. The Balaban J connectivity index is 1.93. The van der Waals surface area contributed by atoms with Crippen LogP contribution in [0.15, 0.2) is 29.3 Å². The summed E-state index contributed by atoms with van der Waals surface area (Å²) in [7, 11) is 0. The number of hydrogen-bond donors (Lipinski definition) is 1. The number of pyridine rings is 1. The van der Waals surface area contributed by atoms with Gasteiger partial charge in [0.25, 0.3) is 5.56 Å². The Hall–Kier alpha value is -2.17. The number of hydrogen-bond acceptors (Lipinski definition) is 4. The fourth-order valence-corrected chi connectivity index (χ4v) is 2.03. The van der Waals surface area contributed by atoms with Gasteiger partial charge in [0.1, 0.15) is 11.6 Å². The second kappa shape index (κ2) is 5.45. The molecule has 2 aromatic rings. The van der Waals surface area contributed by atoms with E-state index < -0.39 is 0 Å². The first kappa shape index (κ1) is 12.8. The number of rotatable bonds is 5. The van der Waals surface area contributed by atoms with Crippen molar-refractivity contribution in [2.45, 2.75) is 32.1 Å². The minimum atomic E-state index is -0.114. The number of nitrogens with one attached hydrogen (secondary N) is 1. The lowest BCUT2D eigenvalue weighted by Gasteiger charge is -2.07. The van der Waals surface area contributed by atoms with Crippen LogP contribution in [-0.2, 0) is 0 Å². The van der Waals surface area contributed by atoms with Gasteiger partial charge in [0.2, 0.25) is 0 Å². The van der Waals surface area contributed by atoms with Crippen LogP contribution in [-0.4, -0.2) is 21.6 Å². The fourth-order valence-electron chi connectivity index (χ4n) is 2.03. The second-order valence-electron chi connectivity index (χ2n) is 5.05. The summed E-state index contributed by atoms with van der Waals surface area (Å²) in [6.45, 7) is 2.71. The van der Waals surface area contributed by atoms with Crippen LogP contribution in [0.5, 0.6) is 5.75 Å². The zero-order chi connectivity index (χ0) is 13.9. The lowest BCUT2D eigenvalue weighted by molar-refractivity contribution is 0.316. The first-order valence-electron chi connectivity index (χ1n) is 6.95. The molecular weight excluding hydrogens is 254 g/mol. The van der Waals surface area contributed by atoms with E-state index in [9.17, 15) is 4.79 Å². The van der Waals surface area contributed by atoms with Gasteiger partial charge in [-0.2, -0.15) is 0 Å². The minimum absolute atomic E-state index is 0.114. The van der Waals surface area contributed by atoms with Crippen LogP contribution in [0, 0.1) is 0 Å². The van der Waals surface area contributed by atoms with Gasteiger partial charge in [0.05, 0.1) is 18.5 Å². The molecule has 0 aromatic carbocycles. The predicted octanol–water partition coefficient (Wildman–Crippen LogP) is 2.50. The van der Waals surface area contributed by atoms with Gasteiger partial charge >= 0.3 is 0 Å². The number of ether oxygens (including phenoxy) is 1. The summed E-state index contributed by atoms with van der Waals surface area (Å²) in [6.07, 6.45) is 6.53. The highest BCUT2D eigenvalue weighted by atomic mass is 16.5. The molecule has 5 nitrogen and oxygen atoms in total. The molecule has 1 N–H and O–H groups in total. The van der Waals surface area contributed by atoms with Crippen LogP contribution in [0.1, 0.15) is 37.9 Å². The molecule has 0 amide bonds. The molecule has 1 fully saturated rings. The SMILES string of the molecule is CCCOc1cncc(-c2cc(=O)[nH]c(C3CC3)n2)c1. The van der Waals surface area contributed by atoms with Crippen molar-refractivity contribution in [3.05, 3.63) is 40.7 Å². The molecule has 104 valence electrons. The molecule has 20 heavy (non-hydrogen) atoms. The van der Waals surface area contributed by atoms with Gasteiger partial charge < -0.3 is 9.72 Å². The third-order valence-corrected chi connectivity index (χ3v) is 3.21. The van der Waals surface area contributed by atoms with Crippen molar-refractivity contribution in [1.82, 2.24) is 15.0 Å². The van der Waals surface area contributed by atoms with Gasteiger partial charge in [-0.25, -0.2) is 4.98 Å². The quantitative estimate of drug-likeness (QED) is 0.907. The highest BCUT2D eigenvalue weighted by Crippen LogP contribution is 2.38. The molecule has 2 aromatic heterocycles. The Kier molecular flexibility index (Phi) is 3.50. The van der Waals surface area contributed by atoms with Crippen LogP contribution >= 0.6 is 0 Å². The monoisotopic (exact) mass is 271 g/mol. The molecular formula is C15H17N3O2. The van der Waals surface area contributed by atoms with Crippen molar-refractivity contribution in [3.63, 3.8) is 0 Å². The van der Waals surface area contributed by atoms with Crippen molar-refractivity contribution >= 4 is 0 Å². The standard InChI is InChI=1S/C15H17N3O2/c1-2-5-20-12-6-11(8-16-9-12)13-7-14(19)18-15(17-13)10-3-4-10/h6-10H,2-5H2,1H3,(H,17,18,19). The Morgan fingerprint density at radius 2 is 2.20 bits per heavy atom. The zero-order valence-electron chi connectivity index (χ0n) is 11.4. The van der Waals surface area contributed by atoms with Gasteiger partial charge in [-0.05, 0) is 25.3 Å². The minimum Gasteiger partial charge on any atom is -0.492 e.